The van der Waals surface area contributed by atoms with E-state index in [1.54, 1.807) is 6.92 Å². The van der Waals surface area contributed by atoms with Gasteiger partial charge in [-0.05, 0) is 6.92 Å². The van der Waals surface area contributed by atoms with Crippen LogP contribution in [0.25, 0.3) is 0 Å². The first-order valence-corrected chi connectivity index (χ1v) is 1.40. The maximum atomic E-state index is 4.84. The molecule has 0 radical (unpaired) electrons. The van der Waals surface area contributed by atoms with E-state index in [2.05, 4.69) is 12.2 Å². The summed E-state index contributed by atoms with van der Waals surface area (Å²) >= 11 is 4.31. The summed E-state index contributed by atoms with van der Waals surface area (Å²) in [5.74, 6) is 0. The molecule has 0 amide bonds. The second-order valence-electron chi connectivity index (χ2n) is 0.611. The first kappa shape index (κ1) is 9.10. The Morgan fingerprint density at radius 2 is 1.80 bits per heavy atom. The van der Waals surface area contributed by atoms with Crippen LogP contribution in [0.2, 0.25) is 0 Å². The Morgan fingerprint density at radius 1 is 1.80 bits per heavy atom. The Labute approximate surface area is 49.7 Å². The van der Waals surface area contributed by atoms with E-state index in [4.69, 9.17) is 5.73 Å². The van der Waals surface area contributed by atoms with E-state index in [1.165, 1.54) is 0 Å². The van der Waals surface area contributed by atoms with Crippen molar-refractivity contribution in [2.45, 2.75) is 6.92 Å². The molecule has 0 spiro atoms. The van der Waals surface area contributed by atoms with Crippen molar-refractivity contribution in [3.8, 4) is 0 Å². The fraction of sp³-hybridized carbons (Fsp3) is 0.500. The molecule has 0 atom stereocenters. The number of hydrogen-bond acceptors (Lipinski definition) is 1. The van der Waals surface area contributed by atoms with Gasteiger partial charge in [-0.15, -0.1) is 0 Å². The molecule has 0 aliphatic carbocycles. The summed E-state index contributed by atoms with van der Waals surface area (Å²) in [5.41, 5.74) is 4.84. The summed E-state index contributed by atoms with van der Waals surface area (Å²) in [6.45, 7) is 1.68. The molecule has 5 heavy (non-hydrogen) atoms. The van der Waals surface area contributed by atoms with E-state index in [0.717, 1.165) is 0 Å². The average molecular weight is 141 g/mol. The van der Waals surface area contributed by atoms with Gasteiger partial charge in [-0.3, -0.25) is 0 Å². The summed E-state index contributed by atoms with van der Waals surface area (Å²) in [6, 6.07) is 0. The molecular formula is C2H5NSZn. The van der Waals surface area contributed by atoms with Gasteiger partial charge in [0, 0.05) is 19.5 Å². The van der Waals surface area contributed by atoms with Gasteiger partial charge in [0.25, 0.3) is 0 Å². The Balaban J connectivity index is 0. The van der Waals surface area contributed by atoms with Crippen molar-refractivity contribution >= 4 is 17.2 Å². The molecular weight excluding hydrogens is 135 g/mol. The van der Waals surface area contributed by atoms with Crippen LogP contribution in [0.15, 0.2) is 0 Å². The zero-order chi connectivity index (χ0) is 3.58. The zero-order valence-electron chi connectivity index (χ0n) is 3.19. The van der Waals surface area contributed by atoms with E-state index < -0.39 is 0 Å². The molecule has 3 heteroatoms. The van der Waals surface area contributed by atoms with Gasteiger partial charge >= 0.3 is 0 Å². The van der Waals surface area contributed by atoms with Crippen molar-refractivity contribution in [2.75, 3.05) is 0 Å². The first-order valence-electron chi connectivity index (χ1n) is 0.993. The summed E-state index contributed by atoms with van der Waals surface area (Å²) in [5, 5.41) is 0. The molecule has 2 N–H and O–H groups in total. The third kappa shape index (κ3) is 108. The molecule has 0 rings (SSSR count). The van der Waals surface area contributed by atoms with Crippen LogP contribution in [0, 0.1) is 0 Å². The van der Waals surface area contributed by atoms with Crippen LogP contribution in [0.5, 0.6) is 0 Å². The third-order valence-corrected chi connectivity index (χ3v) is 0. The van der Waals surface area contributed by atoms with Gasteiger partial charge in [-0.2, -0.15) is 0 Å². The molecule has 0 aliphatic rings. The topological polar surface area (TPSA) is 26.0 Å². The van der Waals surface area contributed by atoms with Crippen molar-refractivity contribution in [3.63, 3.8) is 0 Å². The number of thiocarbonyl (C=S) groups is 1. The molecule has 0 bridgehead atoms. The van der Waals surface area contributed by atoms with Crippen LogP contribution in [-0.4, -0.2) is 4.99 Å². The predicted molar refractivity (Wildman–Crippen MR) is 22.5 cm³/mol. The van der Waals surface area contributed by atoms with Gasteiger partial charge in [0.15, 0.2) is 0 Å². The number of nitrogens with two attached hydrogens (primary N) is 1. The SMILES string of the molecule is CC(N)=S.[Zn]. The van der Waals surface area contributed by atoms with E-state index in [9.17, 15) is 0 Å². The smallest absolute Gasteiger partial charge is 0.0695 e. The average Bonchev–Trinajstić information content (AvgIpc) is 0.811. The van der Waals surface area contributed by atoms with Crippen molar-refractivity contribution in [1.82, 2.24) is 0 Å². The quantitative estimate of drug-likeness (QED) is 0.387. The second-order valence-corrected chi connectivity index (χ2v) is 1.25. The molecule has 1 nitrogen and oxygen atoms in total. The monoisotopic (exact) mass is 139 g/mol. The van der Waals surface area contributed by atoms with E-state index in [1.807, 2.05) is 0 Å². The first-order chi connectivity index (χ1) is 1.73. The van der Waals surface area contributed by atoms with Crippen molar-refractivity contribution in [3.05, 3.63) is 0 Å². The molecule has 0 aliphatic heterocycles. The summed E-state index contributed by atoms with van der Waals surface area (Å²) in [7, 11) is 0. The normalized spacial score (nSPS) is 5.00. The number of hydrogen-bond donors (Lipinski definition) is 1. The van der Waals surface area contributed by atoms with Crippen LogP contribution < -0.4 is 5.73 Å². The van der Waals surface area contributed by atoms with Crippen molar-refractivity contribution in [2.24, 2.45) is 5.73 Å². The van der Waals surface area contributed by atoms with Crippen LogP contribution in [-0.2, 0) is 19.5 Å². The minimum atomic E-state index is 0. The van der Waals surface area contributed by atoms with Gasteiger partial charge in [0.2, 0.25) is 0 Å². The fourth-order valence-corrected chi connectivity index (χ4v) is 0. The molecule has 0 heterocycles. The van der Waals surface area contributed by atoms with E-state index in [-0.39, 0.29) is 19.5 Å². The molecule has 0 aromatic carbocycles. The fourth-order valence-electron chi connectivity index (χ4n) is 0. The molecule has 0 saturated heterocycles. The predicted octanol–water partition coefficient (Wildman–Crippen LogP) is 0.290. The molecule has 26 valence electrons. The largest absolute Gasteiger partial charge is 0.394 e. The van der Waals surface area contributed by atoms with E-state index >= 15 is 0 Å². The third-order valence-electron chi connectivity index (χ3n) is 0. The van der Waals surface area contributed by atoms with Gasteiger partial charge < -0.3 is 5.73 Å². The van der Waals surface area contributed by atoms with Gasteiger partial charge in [0.1, 0.15) is 0 Å². The maximum absolute atomic E-state index is 4.84. The molecule has 0 fully saturated rings. The Morgan fingerprint density at radius 3 is 1.80 bits per heavy atom. The van der Waals surface area contributed by atoms with Crippen LogP contribution in [0.1, 0.15) is 6.92 Å². The van der Waals surface area contributed by atoms with Gasteiger partial charge in [-0.1, -0.05) is 12.2 Å². The van der Waals surface area contributed by atoms with Gasteiger partial charge in [0.05, 0.1) is 4.99 Å². The standard InChI is InChI=1S/C2H5NS.Zn/c1-2(3)4;/h1H3,(H2,3,4);. The van der Waals surface area contributed by atoms with Gasteiger partial charge in [-0.25, -0.2) is 0 Å². The van der Waals surface area contributed by atoms with Crippen LogP contribution in [0.3, 0.4) is 0 Å². The van der Waals surface area contributed by atoms with Crippen molar-refractivity contribution < 1.29 is 19.5 Å². The Hall–Kier alpha value is 0.513. The second kappa shape index (κ2) is 4.51. The minimum Gasteiger partial charge on any atom is -0.394 e. The molecule has 0 aromatic rings. The summed E-state index contributed by atoms with van der Waals surface area (Å²) in [6.07, 6.45) is 0. The minimum absolute atomic E-state index is 0. The van der Waals surface area contributed by atoms with E-state index in [0.29, 0.717) is 4.99 Å². The molecule has 0 saturated carbocycles. The van der Waals surface area contributed by atoms with Crippen LogP contribution >= 0.6 is 12.2 Å². The number of rotatable bonds is 0. The summed E-state index contributed by atoms with van der Waals surface area (Å²) < 4.78 is 0. The van der Waals surface area contributed by atoms with Crippen molar-refractivity contribution in [1.29, 1.82) is 0 Å². The molecule has 0 aromatic heterocycles. The summed E-state index contributed by atoms with van der Waals surface area (Å²) in [4.78, 5) is 0.500. The maximum Gasteiger partial charge on any atom is 0.0695 e. The Bertz CT molecular complexity index is 32.6. The molecule has 0 unspecified atom stereocenters. The Kier molecular flexibility index (Phi) is 8.21. The van der Waals surface area contributed by atoms with Crippen LogP contribution in [0.4, 0.5) is 0 Å². The zero-order valence-corrected chi connectivity index (χ0v) is 6.98.